The third-order valence-corrected chi connectivity index (χ3v) is 4.82. The number of aromatic nitrogens is 2. The van der Waals surface area contributed by atoms with E-state index in [2.05, 4.69) is 22.9 Å². The first-order valence-corrected chi connectivity index (χ1v) is 9.26. The van der Waals surface area contributed by atoms with E-state index in [-0.39, 0.29) is 6.03 Å². The van der Waals surface area contributed by atoms with Crippen molar-refractivity contribution in [2.75, 3.05) is 19.6 Å². The van der Waals surface area contributed by atoms with Crippen LogP contribution in [0.3, 0.4) is 0 Å². The van der Waals surface area contributed by atoms with Crippen LogP contribution in [0.25, 0.3) is 11.0 Å². The van der Waals surface area contributed by atoms with Gasteiger partial charge >= 0.3 is 6.03 Å². The molecule has 1 aliphatic rings. The molecule has 0 unspecified atom stereocenters. The normalized spacial score (nSPS) is 16.0. The van der Waals surface area contributed by atoms with Crippen LogP contribution in [0, 0.1) is 0 Å². The van der Waals surface area contributed by atoms with Crippen molar-refractivity contribution in [2.24, 2.45) is 0 Å². The van der Waals surface area contributed by atoms with E-state index in [1.807, 2.05) is 23.1 Å². The highest BCUT2D eigenvalue weighted by molar-refractivity contribution is 5.76. The second kappa shape index (κ2) is 8.18. The number of benzene rings is 1. The number of aryl methyl sites for hydroxylation is 1. The van der Waals surface area contributed by atoms with Crippen molar-refractivity contribution < 1.29 is 4.79 Å². The molecule has 1 saturated heterocycles. The molecule has 24 heavy (non-hydrogen) atoms. The first-order chi connectivity index (χ1) is 11.8. The summed E-state index contributed by atoms with van der Waals surface area (Å²) < 4.78 is 2.23. The van der Waals surface area contributed by atoms with Crippen LogP contribution < -0.4 is 5.32 Å². The fraction of sp³-hybridized carbons (Fsp3) is 0.579. The number of likely N-dealkylation sites (tertiary alicyclic amines) is 1. The summed E-state index contributed by atoms with van der Waals surface area (Å²) >= 11 is 0. The molecular formula is C19H28N4O. The Bertz CT molecular complexity index is 671. The Morgan fingerprint density at radius 1 is 1.12 bits per heavy atom. The van der Waals surface area contributed by atoms with Gasteiger partial charge in [-0.05, 0) is 31.9 Å². The van der Waals surface area contributed by atoms with Gasteiger partial charge < -0.3 is 14.8 Å². The first kappa shape index (κ1) is 16.8. The molecule has 1 fully saturated rings. The first-order valence-electron chi connectivity index (χ1n) is 9.26. The van der Waals surface area contributed by atoms with Crippen LogP contribution in [0.2, 0.25) is 0 Å². The average molecular weight is 328 g/mol. The van der Waals surface area contributed by atoms with Gasteiger partial charge in [0.15, 0.2) is 0 Å². The van der Waals surface area contributed by atoms with Crippen molar-refractivity contribution in [2.45, 2.75) is 52.0 Å². The molecule has 2 heterocycles. The topological polar surface area (TPSA) is 50.2 Å². The number of amides is 2. The van der Waals surface area contributed by atoms with Crippen LogP contribution in [0.5, 0.6) is 0 Å². The standard InChI is InChI=1S/C19H28N4O/c1-2-23-17-11-7-6-10-16(17)21-18(23)12-13-20-19(24)22-14-8-4-3-5-9-15-22/h6-7,10-11H,2-5,8-9,12-15H2,1H3,(H,20,24). The maximum absolute atomic E-state index is 12.4. The number of hydrogen-bond acceptors (Lipinski definition) is 2. The Morgan fingerprint density at radius 3 is 2.58 bits per heavy atom. The van der Waals surface area contributed by atoms with E-state index in [4.69, 9.17) is 4.98 Å². The summed E-state index contributed by atoms with van der Waals surface area (Å²) in [5, 5.41) is 3.08. The number of urea groups is 1. The van der Waals surface area contributed by atoms with E-state index < -0.39 is 0 Å². The van der Waals surface area contributed by atoms with E-state index in [1.54, 1.807) is 0 Å². The van der Waals surface area contributed by atoms with Crippen molar-refractivity contribution in [3.8, 4) is 0 Å². The Kier molecular flexibility index (Phi) is 5.72. The number of carbonyl (C=O) groups excluding carboxylic acids is 1. The molecule has 130 valence electrons. The predicted molar refractivity (Wildman–Crippen MR) is 97.2 cm³/mol. The molecule has 1 aliphatic heterocycles. The zero-order valence-electron chi connectivity index (χ0n) is 14.6. The van der Waals surface area contributed by atoms with Gasteiger partial charge in [0.1, 0.15) is 5.82 Å². The van der Waals surface area contributed by atoms with Gasteiger partial charge in [-0.1, -0.05) is 31.4 Å². The summed E-state index contributed by atoms with van der Waals surface area (Å²) in [5.41, 5.74) is 2.20. The lowest BCUT2D eigenvalue weighted by atomic mass is 10.1. The van der Waals surface area contributed by atoms with E-state index in [0.29, 0.717) is 6.54 Å². The maximum Gasteiger partial charge on any atom is 0.317 e. The van der Waals surface area contributed by atoms with Gasteiger partial charge in [-0.3, -0.25) is 0 Å². The zero-order valence-corrected chi connectivity index (χ0v) is 14.6. The highest BCUT2D eigenvalue weighted by atomic mass is 16.2. The minimum absolute atomic E-state index is 0.0797. The summed E-state index contributed by atoms with van der Waals surface area (Å²) in [7, 11) is 0. The number of nitrogens with one attached hydrogen (secondary N) is 1. The molecule has 1 aromatic carbocycles. The van der Waals surface area contributed by atoms with E-state index in [9.17, 15) is 4.79 Å². The molecule has 1 N–H and O–H groups in total. The van der Waals surface area contributed by atoms with Crippen molar-refractivity contribution in [1.29, 1.82) is 0 Å². The number of carbonyl (C=O) groups is 1. The molecule has 0 spiro atoms. The van der Waals surface area contributed by atoms with E-state index >= 15 is 0 Å². The van der Waals surface area contributed by atoms with Crippen LogP contribution in [0.1, 0.15) is 44.9 Å². The van der Waals surface area contributed by atoms with Crippen LogP contribution in [-0.2, 0) is 13.0 Å². The van der Waals surface area contributed by atoms with E-state index in [1.165, 1.54) is 24.8 Å². The van der Waals surface area contributed by atoms with Crippen molar-refractivity contribution in [3.05, 3.63) is 30.1 Å². The minimum atomic E-state index is 0.0797. The number of fused-ring (bicyclic) bond motifs is 1. The van der Waals surface area contributed by atoms with Crippen molar-refractivity contribution in [1.82, 2.24) is 19.8 Å². The summed E-state index contributed by atoms with van der Waals surface area (Å²) in [6.45, 7) is 5.45. The molecule has 3 rings (SSSR count). The van der Waals surface area contributed by atoms with Gasteiger partial charge in [0.25, 0.3) is 0 Å². The third kappa shape index (κ3) is 3.89. The largest absolute Gasteiger partial charge is 0.338 e. The summed E-state index contributed by atoms with van der Waals surface area (Å²) in [5.74, 6) is 1.05. The Morgan fingerprint density at radius 2 is 1.83 bits per heavy atom. The zero-order chi connectivity index (χ0) is 16.8. The molecule has 0 aliphatic carbocycles. The lowest BCUT2D eigenvalue weighted by Crippen LogP contribution is -2.42. The number of imidazole rings is 1. The van der Waals surface area contributed by atoms with Gasteiger partial charge in [-0.2, -0.15) is 0 Å². The lowest BCUT2D eigenvalue weighted by molar-refractivity contribution is 0.192. The van der Waals surface area contributed by atoms with Gasteiger partial charge in [-0.15, -0.1) is 0 Å². The Labute approximate surface area is 144 Å². The highest BCUT2D eigenvalue weighted by Gasteiger charge is 2.15. The summed E-state index contributed by atoms with van der Waals surface area (Å²) in [6.07, 6.45) is 6.80. The fourth-order valence-corrected chi connectivity index (χ4v) is 3.51. The molecule has 5 heteroatoms. The molecule has 0 atom stereocenters. The lowest BCUT2D eigenvalue weighted by Gasteiger charge is -2.25. The molecule has 0 saturated carbocycles. The van der Waals surface area contributed by atoms with Crippen LogP contribution >= 0.6 is 0 Å². The van der Waals surface area contributed by atoms with Crippen LogP contribution in [0.4, 0.5) is 4.79 Å². The second-order valence-corrected chi connectivity index (χ2v) is 6.50. The van der Waals surface area contributed by atoms with E-state index in [0.717, 1.165) is 50.2 Å². The monoisotopic (exact) mass is 328 g/mol. The molecule has 1 aromatic heterocycles. The molecule has 2 amide bonds. The minimum Gasteiger partial charge on any atom is -0.338 e. The average Bonchev–Trinajstić information content (AvgIpc) is 2.91. The SMILES string of the molecule is CCn1c(CCNC(=O)N2CCCCCCC2)nc2ccccc21. The second-order valence-electron chi connectivity index (χ2n) is 6.50. The molecule has 2 aromatic rings. The van der Waals surface area contributed by atoms with Gasteiger partial charge in [0, 0.05) is 32.6 Å². The van der Waals surface area contributed by atoms with Crippen LogP contribution in [-0.4, -0.2) is 40.1 Å². The maximum atomic E-state index is 12.4. The predicted octanol–water partition coefficient (Wildman–Crippen LogP) is 3.57. The number of rotatable bonds is 4. The summed E-state index contributed by atoms with van der Waals surface area (Å²) in [4.78, 5) is 19.1. The van der Waals surface area contributed by atoms with Crippen molar-refractivity contribution >= 4 is 17.1 Å². The van der Waals surface area contributed by atoms with Gasteiger partial charge in [0.05, 0.1) is 11.0 Å². The molecular weight excluding hydrogens is 300 g/mol. The van der Waals surface area contributed by atoms with Gasteiger partial charge in [0.2, 0.25) is 0 Å². The molecule has 0 bridgehead atoms. The number of hydrogen-bond donors (Lipinski definition) is 1. The smallest absolute Gasteiger partial charge is 0.317 e. The molecule has 0 radical (unpaired) electrons. The van der Waals surface area contributed by atoms with Crippen LogP contribution in [0.15, 0.2) is 24.3 Å². The Hall–Kier alpha value is -2.04. The third-order valence-electron chi connectivity index (χ3n) is 4.82. The quantitative estimate of drug-likeness (QED) is 0.933. The number of nitrogens with zero attached hydrogens (tertiary/aromatic N) is 3. The van der Waals surface area contributed by atoms with Crippen molar-refractivity contribution in [3.63, 3.8) is 0 Å². The molecule has 5 nitrogen and oxygen atoms in total. The number of para-hydroxylation sites is 2. The highest BCUT2D eigenvalue weighted by Crippen LogP contribution is 2.16. The summed E-state index contributed by atoms with van der Waals surface area (Å²) in [6, 6.07) is 8.29. The Balaban J connectivity index is 1.56. The van der Waals surface area contributed by atoms with Gasteiger partial charge in [-0.25, -0.2) is 9.78 Å². The fourth-order valence-electron chi connectivity index (χ4n) is 3.51.